The van der Waals surface area contributed by atoms with Crippen LogP contribution in [0.2, 0.25) is 0 Å². The molecule has 7 heavy (non-hydrogen) atoms. The largest absolute Gasteiger partial charge is 0.360 e. The Kier molecular flexibility index (Phi) is 1.30. The van der Waals surface area contributed by atoms with Gasteiger partial charge in [0.05, 0.1) is 6.10 Å². The van der Waals surface area contributed by atoms with Gasteiger partial charge < -0.3 is 4.74 Å². The fourth-order valence-electron chi connectivity index (χ4n) is 0.757. The van der Waals surface area contributed by atoms with Crippen LogP contribution in [0, 0.1) is 0 Å². The third kappa shape index (κ3) is 0.924. The lowest BCUT2D eigenvalue weighted by molar-refractivity contribution is -0.126. The lowest BCUT2D eigenvalue weighted by Gasteiger charge is -2.32. The quantitative estimate of drug-likeness (QED) is 0.514. The molecule has 2 nitrogen and oxygen atoms in total. The maximum absolute atomic E-state index is 5.18. The Labute approximate surface area is 43.9 Å². The fraction of sp³-hybridized carbons (Fsp3) is 1.00. The zero-order valence-electron chi connectivity index (χ0n) is 4.77. The van der Waals surface area contributed by atoms with Gasteiger partial charge in [0, 0.05) is 6.42 Å². The van der Waals surface area contributed by atoms with E-state index in [4.69, 9.17) is 4.74 Å². The molecule has 0 spiro atoms. The number of rotatable bonds is 1. The first-order chi connectivity index (χ1) is 3.33. The molecule has 0 aliphatic carbocycles. The number of ether oxygens (including phenoxy) is 1. The van der Waals surface area contributed by atoms with E-state index < -0.39 is 0 Å². The van der Waals surface area contributed by atoms with Gasteiger partial charge in [0.15, 0.2) is 0 Å². The Hall–Kier alpha value is -0.0800. The van der Waals surface area contributed by atoms with Crippen molar-refractivity contribution in [2.24, 2.45) is 0 Å². The third-order valence-corrected chi connectivity index (χ3v) is 1.26. The first-order valence-corrected chi connectivity index (χ1v) is 2.65. The minimum Gasteiger partial charge on any atom is -0.360 e. The topological polar surface area (TPSA) is 21.3 Å². The van der Waals surface area contributed by atoms with Gasteiger partial charge in [-0.3, -0.25) is 5.32 Å². The summed E-state index contributed by atoms with van der Waals surface area (Å²) >= 11 is 0. The van der Waals surface area contributed by atoms with Crippen LogP contribution in [0.4, 0.5) is 0 Å². The second kappa shape index (κ2) is 1.80. The van der Waals surface area contributed by atoms with Crippen molar-refractivity contribution in [2.45, 2.75) is 25.7 Å². The summed E-state index contributed by atoms with van der Waals surface area (Å²) in [4.78, 5) is 0. The van der Waals surface area contributed by atoms with Crippen LogP contribution in [0.3, 0.4) is 0 Å². The summed E-state index contributed by atoms with van der Waals surface area (Å²) in [5, 5.41) is 3.01. The van der Waals surface area contributed by atoms with E-state index in [1.54, 1.807) is 0 Å². The van der Waals surface area contributed by atoms with Gasteiger partial charge in [-0.2, -0.15) is 0 Å². The molecule has 2 atom stereocenters. The van der Waals surface area contributed by atoms with Gasteiger partial charge >= 0.3 is 0 Å². The SMILES string of the molecule is CNC1CC(C)O1. The van der Waals surface area contributed by atoms with E-state index in [1.807, 2.05) is 7.05 Å². The van der Waals surface area contributed by atoms with Gasteiger partial charge in [-0.1, -0.05) is 0 Å². The summed E-state index contributed by atoms with van der Waals surface area (Å²) in [6, 6.07) is 0. The van der Waals surface area contributed by atoms with E-state index in [-0.39, 0.29) is 0 Å². The molecule has 1 aliphatic rings. The molecule has 0 amide bonds. The highest BCUT2D eigenvalue weighted by molar-refractivity contribution is 4.69. The van der Waals surface area contributed by atoms with Crippen molar-refractivity contribution in [1.29, 1.82) is 0 Å². The normalized spacial score (nSPS) is 40.3. The molecule has 0 aromatic rings. The summed E-state index contributed by atoms with van der Waals surface area (Å²) in [5.41, 5.74) is 0. The first kappa shape index (κ1) is 5.06. The Morgan fingerprint density at radius 1 is 1.71 bits per heavy atom. The molecular weight excluding hydrogens is 90.1 g/mol. The Bertz CT molecular complexity index is 59.1. The van der Waals surface area contributed by atoms with E-state index in [0.717, 1.165) is 6.42 Å². The maximum atomic E-state index is 5.18. The Morgan fingerprint density at radius 3 is 2.43 bits per heavy atom. The van der Waals surface area contributed by atoms with Gasteiger partial charge in [0.1, 0.15) is 6.23 Å². The van der Waals surface area contributed by atoms with Crippen LogP contribution in [-0.2, 0) is 4.74 Å². The van der Waals surface area contributed by atoms with Crippen molar-refractivity contribution in [3.05, 3.63) is 0 Å². The average Bonchev–Trinajstić information content (AvgIpc) is 1.58. The summed E-state index contributed by atoms with van der Waals surface area (Å²) in [6.45, 7) is 2.08. The first-order valence-electron chi connectivity index (χ1n) is 2.65. The predicted octanol–water partition coefficient (Wildman–Crippen LogP) is 0.341. The van der Waals surface area contributed by atoms with Crippen molar-refractivity contribution in [2.75, 3.05) is 7.05 Å². The van der Waals surface area contributed by atoms with Gasteiger partial charge in [-0.15, -0.1) is 0 Å². The van der Waals surface area contributed by atoms with E-state index in [0.29, 0.717) is 12.3 Å². The average molecular weight is 101 g/mol. The van der Waals surface area contributed by atoms with Gasteiger partial charge in [0.2, 0.25) is 0 Å². The van der Waals surface area contributed by atoms with Gasteiger partial charge in [0.25, 0.3) is 0 Å². The van der Waals surface area contributed by atoms with Crippen molar-refractivity contribution < 1.29 is 4.74 Å². The van der Waals surface area contributed by atoms with Gasteiger partial charge in [-0.05, 0) is 14.0 Å². The molecular formula is C5H11NO. The molecule has 0 aromatic heterocycles. The lowest BCUT2D eigenvalue weighted by atomic mass is 10.2. The summed E-state index contributed by atoms with van der Waals surface area (Å²) in [5.74, 6) is 0. The van der Waals surface area contributed by atoms with Gasteiger partial charge in [-0.25, -0.2) is 0 Å². The Morgan fingerprint density at radius 2 is 2.29 bits per heavy atom. The highest BCUT2D eigenvalue weighted by Gasteiger charge is 2.23. The van der Waals surface area contributed by atoms with Crippen LogP contribution < -0.4 is 5.32 Å². The number of nitrogens with one attached hydrogen (secondary N) is 1. The molecule has 0 bridgehead atoms. The molecule has 1 aliphatic heterocycles. The molecule has 1 saturated heterocycles. The molecule has 1 fully saturated rings. The van der Waals surface area contributed by atoms with Crippen LogP contribution in [0.1, 0.15) is 13.3 Å². The van der Waals surface area contributed by atoms with E-state index in [1.165, 1.54) is 0 Å². The number of hydrogen-bond donors (Lipinski definition) is 1. The van der Waals surface area contributed by atoms with Crippen molar-refractivity contribution in [3.63, 3.8) is 0 Å². The molecule has 42 valence electrons. The molecule has 2 heteroatoms. The lowest BCUT2D eigenvalue weighted by Crippen LogP contribution is -2.43. The standard InChI is InChI=1S/C5H11NO/c1-4-3-5(6-2)7-4/h4-6H,3H2,1-2H3. The van der Waals surface area contributed by atoms with Crippen LogP contribution in [0.15, 0.2) is 0 Å². The smallest absolute Gasteiger partial charge is 0.110 e. The molecule has 2 unspecified atom stereocenters. The van der Waals surface area contributed by atoms with Crippen molar-refractivity contribution >= 4 is 0 Å². The van der Waals surface area contributed by atoms with Crippen molar-refractivity contribution in [1.82, 2.24) is 5.32 Å². The van der Waals surface area contributed by atoms with Crippen molar-refractivity contribution in [3.8, 4) is 0 Å². The second-order valence-corrected chi connectivity index (χ2v) is 1.96. The summed E-state index contributed by atoms with van der Waals surface area (Å²) < 4.78 is 5.18. The Balaban J connectivity index is 2.06. The molecule has 1 heterocycles. The fourth-order valence-corrected chi connectivity index (χ4v) is 0.757. The highest BCUT2D eigenvalue weighted by Crippen LogP contribution is 2.15. The molecule has 0 radical (unpaired) electrons. The van der Waals surface area contributed by atoms with Crippen LogP contribution >= 0.6 is 0 Å². The van der Waals surface area contributed by atoms with E-state index in [2.05, 4.69) is 12.2 Å². The molecule has 1 N–H and O–H groups in total. The molecule has 0 aromatic carbocycles. The minimum absolute atomic E-state index is 0.343. The van der Waals surface area contributed by atoms with E-state index >= 15 is 0 Å². The maximum Gasteiger partial charge on any atom is 0.110 e. The third-order valence-electron chi connectivity index (χ3n) is 1.26. The van der Waals surface area contributed by atoms with E-state index in [9.17, 15) is 0 Å². The zero-order chi connectivity index (χ0) is 5.28. The molecule has 1 rings (SSSR count). The summed E-state index contributed by atoms with van der Waals surface area (Å²) in [7, 11) is 1.91. The summed E-state index contributed by atoms with van der Waals surface area (Å²) in [6.07, 6.45) is 1.99. The van der Waals surface area contributed by atoms with Crippen LogP contribution in [0.5, 0.6) is 0 Å². The number of hydrogen-bond acceptors (Lipinski definition) is 2. The predicted molar refractivity (Wildman–Crippen MR) is 28.0 cm³/mol. The van der Waals surface area contributed by atoms with Crippen LogP contribution in [-0.4, -0.2) is 19.4 Å². The van der Waals surface area contributed by atoms with Crippen LogP contribution in [0.25, 0.3) is 0 Å². The molecule has 0 saturated carbocycles. The minimum atomic E-state index is 0.343. The monoisotopic (exact) mass is 101 g/mol. The highest BCUT2D eigenvalue weighted by atomic mass is 16.5. The second-order valence-electron chi connectivity index (χ2n) is 1.96. The zero-order valence-corrected chi connectivity index (χ0v) is 4.77.